The summed E-state index contributed by atoms with van der Waals surface area (Å²) in [6.07, 6.45) is 1.36. The lowest BCUT2D eigenvalue weighted by Crippen LogP contribution is -2.12. The monoisotopic (exact) mass is 251 g/mol. The minimum absolute atomic E-state index is 0.332. The van der Waals surface area contributed by atoms with Gasteiger partial charge >= 0.3 is 0 Å². The number of nitrogens with two attached hydrogens (primary N) is 1. The summed E-state index contributed by atoms with van der Waals surface area (Å²) in [4.78, 5) is 12.0. The van der Waals surface area contributed by atoms with Gasteiger partial charge in [-0.1, -0.05) is 5.16 Å². The molecule has 96 valence electrons. The van der Waals surface area contributed by atoms with Gasteiger partial charge in [-0.05, 0) is 6.92 Å². The van der Waals surface area contributed by atoms with Crippen LogP contribution in [0.3, 0.4) is 0 Å². The maximum atomic E-state index is 5.32. The third-order valence-electron chi connectivity index (χ3n) is 2.12. The molecule has 0 aliphatic rings. The lowest BCUT2D eigenvalue weighted by Gasteiger charge is -2.11. The van der Waals surface area contributed by atoms with Crippen LogP contribution in [0.1, 0.15) is 11.7 Å². The Balaban J connectivity index is 2.13. The molecule has 0 unspecified atom stereocenters. The molecule has 2 rings (SSSR count). The summed E-state index contributed by atoms with van der Waals surface area (Å²) in [6, 6.07) is 0. The molecule has 0 atom stereocenters. The lowest BCUT2D eigenvalue weighted by molar-refractivity contribution is 0.378. The van der Waals surface area contributed by atoms with Crippen molar-refractivity contribution < 1.29 is 9.26 Å². The first-order chi connectivity index (χ1) is 8.74. The van der Waals surface area contributed by atoms with Crippen LogP contribution in [0.5, 0.6) is 5.75 Å². The van der Waals surface area contributed by atoms with E-state index in [-0.39, 0.29) is 0 Å². The SMILES string of the molecule is COc1c(NN)ncnc1NCc1nc(C)no1. The Morgan fingerprint density at radius 3 is 2.78 bits per heavy atom. The van der Waals surface area contributed by atoms with E-state index in [0.717, 1.165) is 0 Å². The van der Waals surface area contributed by atoms with E-state index in [1.807, 2.05) is 0 Å². The largest absolute Gasteiger partial charge is 0.490 e. The topological polar surface area (TPSA) is 124 Å². The highest BCUT2D eigenvalue weighted by Crippen LogP contribution is 2.28. The summed E-state index contributed by atoms with van der Waals surface area (Å²) in [5, 5.41) is 6.68. The molecule has 9 nitrogen and oxygen atoms in total. The van der Waals surface area contributed by atoms with Crippen LogP contribution in [0.25, 0.3) is 0 Å². The van der Waals surface area contributed by atoms with Gasteiger partial charge in [-0.2, -0.15) is 4.98 Å². The van der Waals surface area contributed by atoms with Gasteiger partial charge in [-0.25, -0.2) is 15.8 Å². The molecule has 2 heterocycles. The fraction of sp³-hybridized carbons (Fsp3) is 0.333. The number of aryl methyl sites for hydroxylation is 1. The van der Waals surface area contributed by atoms with Crippen LogP contribution in [0.2, 0.25) is 0 Å². The predicted molar refractivity (Wildman–Crippen MR) is 62.8 cm³/mol. The van der Waals surface area contributed by atoms with E-state index in [9.17, 15) is 0 Å². The summed E-state index contributed by atoms with van der Waals surface area (Å²) in [5.41, 5.74) is 2.42. The van der Waals surface area contributed by atoms with Gasteiger partial charge in [0.25, 0.3) is 0 Å². The standard InChI is InChI=1S/C9H13N7O2/c1-5-14-6(18-16-5)3-11-8-7(17-2)9(15-10)13-4-12-8/h4H,3,10H2,1-2H3,(H2,11,12,13,15). The van der Waals surface area contributed by atoms with Crippen LogP contribution in [0.4, 0.5) is 11.6 Å². The van der Waals surface area contributed by atoms with Crippen molar-refractivity contribution in [1.82, 2.24) is 20.1 Å². The molecule has 18 heavy (non-hydrogen) atoms. The van der Waals surface area contributed by atoms with Crippen LogP contribution < -0.4 is 21.3 Å². The number of nitrogen functional groups attached to an aromatic ring is 1. The van der Waals surface area contributed by atoms with Crippen molar-refractivity contribution in [2.24, 2.45) is 5.84 Å². The fourth-order valence-corrected chi connectivity index (χ4v) is 1.37. The zero-order chi connectivity index (χ0) is 13.0. The summed E-state index contributed by atoms with van der Waals surface area (Å²) >= 11 is 0. The average Bonchev–Trinajstić information content (AvgIpc) is 2.81. The number of methoxy groups -OCH3 is 1. The molecule has 0 aromatic carbocycles. The minimum atomic E-state index is 0.332. The maximum Gasteiger partial charge on any atom is 0.245 e. The quantitative estimate of drug-likeness (QED) is 0.500. The Labute approximate surface area is 103 Å². The number of nitrogens with one attached hydrogen (secondary N) is 2. The minimum Gasteiger partial charge on any atom is -0.490 e. The van der Waals surface area contributed by atoms with Crippen LogP contribution >= 0.6 is 0 Å². The molecule has 2 aromatic heterocycles. The van der Waals surface area contributed by atoms with Crippen LogP contribution in [-0.4, -0.2) is 27.2 Å². The Morgan fingerprint density at radius 2 is 2.17 bits per heavy atom. The van der Waals surface area contributed by atoms with Crippen LogP contribution in [0.15, 0.2) is 10.9 Å². The molecule has 4 N–H and O–H groups in total. The number of hydrogen-bond donors (Lipinski definition) is 3. The highest BCUT2D eigenvalue weighted by atomic mass is 16.5. The van der Waals surface area contributed by atoms with Gasteiger partial charge < -0.3 is 20.0 Å². The molecular weight excluding hydrogens is 238 g/mol. The Bertz CT molecular complexity index is 527. The number of ether oxygens (including phenoxy) is 1. The molecule has 0 saturated carbocycles. The van der Waals surface area contributed by atoms with Crippen molar-refractivity contribution in [2.45, 2.75) is 13.5 Å². The van der Waals surface area contributed by atoms with Gasteiger partial charge in [0.05, 0.1) is 13.7 Å². The Hall–Kier alpha value is -2.42. The van der Waals surface area contributed by atoms with E-state index in [2.05, 4.69) is 30.9 Å². The van der Waals surface area contributed by atoms with E-state index in [1.165, 1.54) is 13.4 Å². The molecule has 9 heteroatoms. The van der Waals surface area contributed by atoms with Gasteiger partial charge in [0.1, 0.15) is 6.33 Å². The molecule has 2 aromatic rings. The van der Waals surface area contributed by atoms with E-state index in [4.69, 9.17) is 15.1 Å². The average molecular weight is 251 g/mol. The Morgan fingerprint density at radius 1 is 1.39 bits per heavy atom. The zero-order valence-corrected chi connectivity index (χ0v) is 9.97. The van der Waals surface area contributed by atoms with Crippen molar-refractivity contribution in [3.05, 3.63) is 18.0 Å². The van der Waals surface area contributed by atoms with Crippen molar-refractivity contribution in [3.8, 4) is 5.75 Å². The van der Waals surface area contributed by atoms with E-state index in [0.29, 0.717) is 35.6 Å². The normalized spacial score (nSPS) is 10.2. The van der Waals surface area contributed by atoms with Crippen molar-refractivity contribution in [2.75, 3.05) is 17.9 Å². The second-order valence-corrected chi connectivity index (χ2v) is 3.34. The predicted octanol–water partition coefficient (Wildman–Crippen LogP) is 0.0743. The molecule has 0 radical (unpaired) electrons. The number of nitrogens with zero attached hydrogens (tertiary/aromatic N) is 4. The molecule has 0 fully saturated rings. The first kappa shape index (κ1) is 12.0. The number of anilines is 2. The molecule has 0 spiro atoms. The maximum absolute atomic E-state index is 5.32. The molecule has 0 aliphatic carbocycles. The van der Waals surface area contributed by atoms with Crippen molar-refractivity contribution in [3.63, 3.8) is 0 Å². The van der Waals surface area contributed by atoms with E-state index >= 15 is 0 Å². The molecular formula is C9H13N7O2. The molecule has 0 amide bonds. The summed E-state index contributed by atoms with van der Waals surface area (Å²) in [6.45, 7) is 2.08. The summed E-state index contributed by atoms with van der Waals surface area (Å²) < 4.78 is 10.1. The van der Waals surface area contributed by atoms with Gasteiger partial charge in [0.2, 0.25) is 11.6 Å². The summed E-state index contributed by atoms with van der Waals surface area (Å²) in [5.74, 6) is 7.63. The first-order valence-electron chi connectivity index (χ1n) is 5.13. The number of hydrogen-bond acceptors (Lipinski definition) is 9. The van der Waals surface area contributed by atoms with Crippen LogP contribution in [-0.2, 0) is 6.54 Å². The first-order valence-corrected chi connectivity index (χ1v) is 5.13. The van der Waals surface area contributed by atoms with Gasteiger partial charge in [-0.15, -0.1) is 0 Å². The van der Waals surface area contributed by atoms with Gasteiger partial charge in [0, 0.05) is 0 Å². The molecule has 0 bridgehead atoms. The highest BCUT2D eigenvalue weighted by Gasteiger charge is 2.12. The fourth-order valence-electron chi connectivity index (χ4n) is 1.37. The van der Waals surface area contributed by atoms with E-state index < -0.39 is 0 Å². The van der Waals surface area contributed by atoms with Crippen molar-refractivity contribution >= 4 is 11.6 Å². The van der Waals surface area contributed by atoms with Gasteiger partial charge in [0.15, 0.2) is 17.5 Å². The third kappa shape index (κ3) is 2.46. The Kier molecular flexibility index (Phi) is 3.53. The number of hydrazine groups is 1. The number of aromatic nitrogens is 4. The van der Waals surface area contributed by atoms with Crippen LogP contribution in [0, 0.1) is 6.92 Å². The smallest absolute Gasteiger partial charge is 0.245 e. The summed E-state index contributed by atoms with van der Waals surface area (Å²) in [7, 11) is 1.50. The highest BCUT2D eigenvalue weighted by molar-refractivity contribution is 5.62. The van der Waals surface area contributed by atoms with Crippen molar-refractivity contribution in [1.29, 1.82) is 0 Å². The zero-order valence-electron chi connectivity index (χ0n) is 9.97. The number of rotatable bonds is 5. The molecule has 0 saturated heterocycles. The molecule has 0 aliphatic heterocycles. The third-order valence-corrected chi connectivity index (χ3v) is 2.12. The van der Waals surface area contributed by atoms with Gasteiger partial charge in [-0.3, -0.25) is 0 Å². The second-order valence-electron chi connectivity index (χ2n) is 3.34. The second kappa shape index (κ2) is 5.27. The van der Waals surface area contributed by atoms with E-state index in [1.54, 1.807) is 6.92 Å². The lowest BCUT2D eigenvalue weighted by atomic mass is 10.4.